The summed E-state index contributed by atoms with van der Waals surface area (Å²) in [5.74, 6) is 5.24. The Morgan fingerprint density at radius 1 is 1.42 bits per heavy atom. The van der Waals surface area contributed by atoms with Crippen molar-refractivity contribution in [3.8, 4) is 5.82 Å². The van der Waals surface area contributed by atoms with Gasteiger partial charge in [-0.05, 0) is 42.9 Å². The maximum absolute atomic E-state index is 4.48. The molecule has 100 valence electrons. The van der Waals surface area contributed by atoms with Crippen LogP contribution in [-0.4, -0.2) is 32.6 Å². The van der Waals surface area contributed by atoms with Crippen LogP contribution in [0.3, 0.4) is 0 Å². The van der Waals surface area contributed by atoms with Crippen molar-refractivity contribution < 1.29 is 0 Å². The van der Waals surface area contributed by atoms with Crippen molar-refractivity contribution in [2.24, 2.45) is 5.92 Å². The van der Waals surface area contributed by atoms with E-state index >= 15 is 0 Å². The number of thioether (sulfide) groups is 1. The molecule has 1 saturated heterocycles. The molecule has 0 spiro atoms. The van der Waals surface area contributed by atoms with Crippen molar-refractivity contribution in [1.29, 1.82) is 0 Å². The molecule has 2 aromatic rings. The van der Waals surface area contributed by atoms with Gasteiger partial charge in [0.1, 0.15) is 5.82 Å². The first kappa shape index (κ1) is 12.5. The number of nitrogens with zero attached hydrogens (tertiary/aromatic N) is 3. The molecule has 0 bridgehead atoms. The van der Waals surface area contributed by atoms with Crippen LogP contribution in [0.15, 0.2) is 30.7 Å². The van der Waals surface area contributed by atoms with Crippen molar-refractivity contribution in [3.63, 3.8) is 0 Å². The van der Waals surface area contributed by atoms with Crippen molar-refractivity contribution in [2.45, 2.75) is 13.3 Å². The van der Waals surface area contributed by atoms with E-state index in [4.69, 9.17) is 0 Å². The topological polar surface area (TPSA) is 42.7 Å². The quantitative estimate of drug-likeness (QED) is 0.931. The highest BCUT2D eigenvalue weighted by Gasteiger charge is 2.16. The summed E-state index contributed by atoms with van der Waals surface area (Å²) >= 11 is 2.05. The van der Waals surface area contributed by atoms with E-state index in [1.165, 1.54) is 17.9 Å². The van der Waals surface area contributed by atoms with E-state index in [0.29, 0.717) is 0 Å². The SMILES string of the molecule is Cc1nccn1-c1ncccc1NCC1CCSC1. The maximum atomic E-state index is 4.48. The highest BCUT2D eigenvalue weighted by Crippen LogP contribution is 2.25. The summed E-state index contributed by atoms with van der Waals surface area (Å²) in [6.45, 7) is 3.02. The average molecular weight is 274 g/mol. The lowest BCUT2D eigenvalue weighted by atomic mass is 10.1. The largest absolute Gasteiger partial charge is 0.382 e. The first-order chi connectivity index (χ1) is 9.34. The number of hydrogen-bond donors (Lipinski definition) is 1. The van der Waals surface area contributed by atoms with Gasteiger partial charge in [-0.15, -0.1) is 0 Å². The van der Waals surface area contributed by atoms with Gasteiger partial charge in [-0.2, -0.15) is 11.8 Å². The second-order valence-corrected chi connectivity index (χ2v) is 5.98. The third kappa shape index (κ3) is 2.76. The molecule has 3 heterocycles. The standard InChI is InChI=1S/C14H18N4S/c1-11-15-6-7-18(11)14-13(3-2-5-16-14)17-9-12-4-8-19-10-12/h2-3,5-7,12,17H,4,8-10H2,1H3. The van der Waals surface area contributed by atoms with E-state index in [2.05, 4.69) is 33.1 Å². The molecule has 1 unspecified atom stereocenters. The Kier molecular flexibility index (Phi) is 3.73. The van der Waals surface area contributed by atoms with E-state index in [0.717, 1.165) is 29.8 Å². The average Bonchev–Trinajstić information content (AvgIpc) is 3.08. The maximum Gasteiger partial charge on any atom is 0.161 e. The van der Waals surface area contributed by atoms with Gasteiger partial charge in [-0.25, -0.2) is 9.97 Å². The molecule has 3 rings (SSSR count). The Balaban J connectivity index is 1.79. The molecule has 2 aromatic heterocycles. The molecule has 1 aliphatic rings. The third-order valence-corrected chi connectivity index (χ3v) is 4.68. The van der Waals surface area contributed by atoms with Crippen LogP contribution in [0.2, 0.25) is 0 Å². The van der Waals surface area contributed by atoms with Crippen LogP contribution in [0.25, 0.3) is 5.82 Å². The van der Waals surface area contributed by atoms with Crippen molar-refractivity contribution >= 4 is 17.4 Å². The highest BCUT2D eigenvalue weighted by atomic mass is 32.2. The first-order valence-electron chi connectivity index (χ1n) is 6.61. The van der Waals surface area contributed by atoms with E-state index in [1.807, 2.05) is 30.0 Å². The number of nitrogens with one attached hydrogen (secondary N) is 1. The molecule has 0 aromatic carbocycles. The fourth-order valence-corrected chi connectivity index (χ4v) is 3.61. The number of imidazole rings is 1. The van der Waals surface area contributed by atoms with Crippen molar-refractivity contribution in [2.75, 3.05) is 23.4 Å². The van der Waals surface area contributed by atoms with E-state index in [9.17, 15) is 0 Å². The fourth-order valence-electron chi connectivity index (χ4n) is 2.33. The van der Waals surface area contributed by atoms with Gasteiger partial charge in [0.25, 0.3) is 0 Å². The van der Waals surface area contributed by atoms with Gasteiger partial charge in [0.2, 0.25) is 0 Å². The van der Waals surface area contributed by atoms with Crippen LogP contribution in [0.4, 0.5) is 5.69 Å². The van der Waals surface area contributed by atoms with Crippen LogP contribution in [-0.2, 0) is 0 Å². The first-order valence-corrected chi connectivity index (χ1v) is 7.77. The highest BCUT2D eigenvalue weighted by molar-refractivity contribution is 7.99. The van der Waals surface area contributed by atoms with Crippen LogP contribution in [0.5, 0.6) is 0 Å². The van der Waals surface area contributed by atoms with E-state index < -0.39 is 0 Å². The predicted octanol–water partition coefficient (Wildman–Crippen LogP) is 2.74. The third-order valence-electron chi connectivity index (χ3n) is 3.45. The molecule has 0 aliphatic carbocycles. The minimum absolute atomic E-state index is 0.780. The summed E-state index contributed by atoms with van der Waals surface area (Å²) in [5, 5.41) is 3.55. The van der Waals surface area contributed by atoms with Crippen molar-refractivity contribution in [3.05, 3.63) is 36.5 Å². The number of rotatable bonds is 4. The molecule has 1 fully saturated rings. The minimum Gasteiger partial charge on any atom is -0.382 e. The normalized spacial score (nSPS) is 18.7. The number of pyridine rings is 1. The lowest BCUT2D eigenvalue weighted by Crippen LogP contribution is -2.15. The summed E-state index contributed by atoms with van der Waals surface area (Å²) in [5.41, 5.74) is 1.08. The molecular weight excluding hydrogens is 256 g/mol. The molecule has 1 aliphatic heterocycles. The monoisotopic (exact) mass is 274 g/mol. The van der Waals surface area contributed by atoms with Gasteiger partial charge < -0.3 is 5.32 Å². The summed E-state index contributed by atoms with van der Waals surface area (Å²) in [6, 6.07) is 4.06. The Labute approximate surface area is 117 Å². The Bertz CT molecular complexity index is 546. The number of hydrogen-bond acceptors (Lipinski definition) is 4. The summed E-state index contributed by atoms with van der Waals surface area (Å²) in [7, 11) is 0. The Morgan fingerprint density at radius 3 is 3.11 bits per heavy atom. The molecule has 1 N–H and O–H groups in total. The molecule has 1 atom stereocenters. The van der Waals surface area contributed by atoms with Crippen LogP contribution in [0.1, 0.15) is 12.2 Å². The number of aromatic nitrogens is 3. The summed E-state index contributed by atoms with van der Waals surface area (Å²) < 4.78 is 2.02. The van der Waals surface area contributed by atoms with Gasteiger partial charge in [0, 0.05) is 25.1 Å². The zero-order valence-electron chi connectivity index (χ0n) is 11.0. The van der Waals surface area contributed by atoms with E-state index in [-0.39, 0.29) is 0 Å². The zero-order chi connectivity index (χ0) is 13.1. The number of anilines is 1. The number of aryl methyl sites for hydroxylation is 1. The minimum atomic E-state index is 0.780. The zero-order valence-corrected chi connectivity index (χ0v) is 11.9. The molecule has 4 nitrogen and oxygen atoms in total. The smallest absolute Gasteiger partial charge is 0.161 e. The second kappa shape index (κ2) is 5.65. The van der Waals surface area contributed by atoms with Gasteiger partial charge in [-0.1, -0.05) is 0 Å². The van der Waals surface area contributed by atoms with Gasteiger partial charge >= 0.3 is 0 Å². The molecule has 0 amide bonds. The Hall–Kier alpha value is -1.49. The molecule has 5 heteroatoms. The summed E-state index contributed by atoms with van der Waals surface area (Å²) in [6.07, 6.45) is 6.90. The van der Waals surface area contributed by atoms with Gasteiger partial charge in [-0.3, -0.25) is 4.57 Å². The van der Waals surface area contributed by atoms with Gasteiger partial charge in [0.05, 0.1) is 5.69 Å². The molecular formula is C14H18N4S. The summed E-state index contributed by atoms with van der Waals surface area (Å²) in [4.78, 5) is 8.75. The molecule has 19 heavy (non-hydrogen) atoms. The predicted molar refractivity (Wildman–Crippen MR) is 80.0 cm³/mol. The fraction of sp³-hybridized carbons (Fsp3) is 0.429. The molecule has 0 saturated carbocycles. The lowest BCUT2D eigenvalue weighted by molar-refractivity contribution is 0.631. The van der Waals surface area contributed by atoms with Gasteiger partial charge in [0.15, 0.2) is 5.82 Å². The van der Waals surface area contributed by atoms with Crippen molar-refractivity contribution in [1.82, 2.24) is 14.5 Å². The van der Waals surface area contributed by atoms with Crippen LogP contribution in [0, 0.1) is 12.8 Å². The van der Waals surface area contributed by atoms with Crippen LogP contribution < -0.4 is 5.32 Å². The van der Waals surface area contributed by atoms with E-state index in [1.54, 1.807) is 6.20 Å². The Morgan fingerprint density at radius 2 is 2.37 bits per heavy atom. The second-order valence-electron chi connectivity index (χ2n) is 4.83. The lowest BCUT2D eigenvalue weighted by Gasteiger charge is -2.15. The van der Waals surface area contributed by atoms with Crippen LogP contribution >= 0.6 is 11.8 Å². The molecule has 0 radical (unpaired) electrons.